The van der Waals surface area contributed by atoms with Crippen LogP contribution in [0, 0.1) is 11.6 Å². The summed E-state index contributed by atoms with van der Waals surface area (Å²) in [6.07, 6.45) is -2.91. The molecule has 1 aromatic carbocycles. The van der Waals surface area contributed by atoms with Crippen LogP contribution in [0.25, 0.3) is 0 Å². The Kier molecular flexibility index (Phi) is 2.87. The van der Waals surface area contributed by atoms with Crippen LogP contribution in [0.2, 0.25) is 0 Å². The van der Waals surface area contributed by atoms with Crippen LogP contribution >= 0.6 is 0 Å². The summed E-state index contributed by atoms with van der Waals surface area (Å²) < 4.78 is 49.7. The summed E-state index contributed by atoms with van der Waals surface area (Å²) in [4.78, 5) is 0. The maximum atomic E-state index is 12.8. The number of rotatable bonds is 2. The topological polar surface area (TPSA) is 26.0 Å². The highest BCUT2D eigenvalue weighted by atomic mass is 19.3. The molecule has 0 saturated heterocycles. The second-order valence-corrected chi connectivity index (χ2v) is 2.46. The molecule has 72 valence electrons. The number of halogens is 4. The highest BCUT2D eigenvalue weighted by molar-refractivity contribution is 5.30. The fourth-order valence-electron chi connectivity index (χ4n) is 1.03. The quantitative estimate of drug-likeness (QED) is 0.717. The Balaban J connectivity index is 3.29. The van der Waals surface area contributed by atoms with Crippen LogP contribution in [-0.2, 0) is 6.54 Å². The van der Waals surface area contributed by atoms with Gasteiger partial charge in [0, 0.05) is 23.7 Å². The Morgan fingerprint density at radius 2 is 1.85 bits per heavy atom. The van der Waals surface area contributed by atoms with Crippen LogP contribution in [0.1, 0.15) is 17.6 Å². The van der Waals surface area contributed by atoms with Crippen LogP contribution in [0.3, 0.4) is 0 Å². The smallest absolute Gasteiger partial charge is 0.264 e. The van der Waals surface area contributed by atoms with Gasteiger partial charge in [0.25, 0.3) is 6.43 Å². The molecule has 1 aromatic rings. The third-order valence-electron chi connectivity index (χ3n) is 1.63. The van der Waals surface area contributed by atoms with Crippen molar-refractivity contribution in [3.63, 3.8) is 0 Å². The molecule has 0 aromatic heterocycles. The molecule has 0 radical (unpaired) electrons. The van der Waals surface area contributed by atoms with Crippen molar-refractivity contribution in [2.45, 2.75) is 13.0 Å². The van der Waals surface area contributed by atoms with E-state index in [0.717, 1.165) is 0 Å². The number of hydrogen-bond donors (Lipinski definition) is 1. The van der Waals surface area contributed by atoms with E-state index in [0.29, 0.717) is 12.1 Å². The first kappa shape index (κ1) is 9.98. The van der Waals surface area contributed by atoms with Crippen molar-refractivity contribution in [3.05, 3.63) is 34.9 Å². The number of nitrogens with two attached hydrogens (primary N) is 1. The summed E-state index contributed by atoms with van der Waals surface area (Å²) in [6, 6.07) is 1.13. The Bertz CT molecular complexity index is 311. The minimum Gasteiger partial charge on any atom is -0.326 e. The van der Waals surface area contributed by atoms with Crippen molar-refractivity contribution >= 4 is 0 Å². The zero-order valence-corrected chi connectivity index (χ0v) is 6.53. The van der Waals surface area contributed by atoms with E-state index in [2.05, 4.69) is 0 Å². The van der Waals surface area contributed by atoms with Gasteiger partial charge in [0.1, 0.15) is 11.6 Å². The molecular formula is C8H7F4N. The first-order valence-corrected chi connectivity index (χ1v) is 3.52. The largest absolute Gasteiger partial charge is 0.326 e. The van der Waals surface area contributed by atoms with Gasteiger partial charge in [-0.1, -0.05) is 0 Å². The van der Waals surface area contributed by atoms with Gasteiger partial charge in [-0.05, 0) is 6.07 Å². The van der Waals surface area contributed by atoms with Gasteiger partial charge in [0.2, 0.25) is 0 Å². The maximum Gasteiger partial charge on any atom is 0.264 e. The predicted molar refractivity (Wildman–Crippen MR) is 39.2 cm³/mol. The van der Waals surface area contributed by atoms with Gasteiger partial charge < -0.3 is 5.73 Å². The molecule has 0 bridgehead atoms. The van der Waals surface area contributed by atoms with E-state index in [9.17, 15) is 17.6 Å². The van der Waals surface area contributed by atoms with Gasteiger partial charge in [-0.3, -0.25) is 0 Å². The number of hydrogen-bond acceptors (Lipinski definition) is 1. The van der Waals surface area contributed by atoms with Crippen molar-refractivity contribution in [1.29, 1.82) is 0 Å². The molecule has 0 unspecified atom stereocenters. The summed E-state index contributed by atoms with van der Waals surface area (Å²) in [6.45, 7) is -0.369. The highest BCUT2D eigenvalue weighted by Gasteiger charge is 2.17. The minimum atomic E-state index is -2.91. The van der Waals surface area contributed by atoms with E-state index in [1.807, 2.05) is 0 Å². The van der Waals surface area contributed by atoms with Crippen molar-refractivity contribution in [2.24, 2.45) is 5.73 Å². The molecule has 0 aliphatic heterocycles. The summed E-state index contributed by atoms with van der Waals surface area (Å²) in [7, 11) is 0. The third kappa shape index (κ3) is 1.98. The summed E-state index contributed by atoms with van der Waals surface area (Å²) in [5.74, 6) is -2.05. The molecule has 0 aliphatic rings. The predicted octanol–water partition coefficient (Wildman–Crippen LogP) is 2.36. The molecule has 0 aliphatic carbocycles. The lowest BCUT2D eigenvalue weighted by atomic mass is 10.1. The average Bonchev–Trinajstić information content (AvgIpc) is 2.02. The monoisotopic (exact) mass is 193 g/mol. The molecule has 0 heterocycles. The fourth-order valence-corrected chi connectivity index (χ4v) is 1.03. The highest BCUT2D eigenvalue weighted by Crippen LogP contribution is 2.25. The Morgan fingerprint density at radius 3 is 2.31 bits per heavy atom. The standard InChI is InChI=1S/C8H7F4N/c9-4-1-5(8(11)12)6(3-13)7(10)2-4/h1-2,8H,3,13H2. The SMILES string of the molecule is NCc1c(F)cc(F)cc1C(F)F. The zero-order chi connectivity index (χ0) is 10.0. The van der Waals surface area contributed by atoms with Gasteiger partial charge >= 0.3 is 0 Å². The first-order valence-electron chi connectivity index (χ1n) is 3.52. The van der Waals surface area contributed by atoms with E-state index < -0.39 is 23.6 Å². The summed E-state index contributed by atoms with van der Waals surface area (Å²) >= 11 is 0. The molecule has 1 rings (SSSR count). The molecule has 5 heteroatoms. The number of alkyl halides is 2. The fraction of sp³-hybridized carbons (Fsp3) is 0.250. The molecule has 2 N–H and O–H groups in total. The Morgan fingerprint density at radius 1 is 1.23 bits per heavy atom. The van der Waals surface area contributed by atoms with Crippen LogP contribution in [0.15, 0.2) is 12.1 Å². The van der Waals surface area contributed by atoms with Crippen molar-refractivity contribution in [3.8, 4) is 0 Å². The summed E-state index contributed by atoms with van der Waals surface area (Å²) in [5, 5.41) is 0. The third-order valence-corrected chi connectivity index (χ3v) is 1.63. The van der Waals surface area contributed by atoms with E-state index in [-0.39, 0.29) is 12.1 Å². The van der Waals surface area contributed by atoms with Gasteiger partial charge in [0.05, 0.1) is 0 Å². The summed E-state index contributed by atoms with van der Waals surface area (Å²) in [5.41, 5.74) is 4.03. The van der Waals surface area contributed by atoms with E-state index >= 15 is 0 Å². The van der Waals surface area contributed by atoms with Gasteiger partial charge in [-0.15, -0.1) is 0 Å². The Labute approximate surface area is 72.2 Å². The molecule has 1 nitrogen and oxygen atoms in total. The second kappa shape index (κ2) is 3.74. The molecule has 0 atom stereocenters. The lowest BCUT2D eigenvalue weighted by Crippen LogP contribution is -2.06. The van der Waals surface area contributed by atoms with Crippen molar-refractivity contribution < 1.29 is 17.6 Å². The van der Waals surface area contributed by atoms with Crippen LogP contribution < -0.4 is 5.73 Å². The minimum absolute atomic E-state index is 0.337. The first-order chi connectivity index (χ1) is 6.06. The molecule has 13 heavy (non-hydrogen) atoms. The molecule has 0 fully saturated rings. The molecular weight excluding hydrogens is 186 g/mol. The van der Waals surface area contributed by atoms with Crippen molar-refractivity contribution in [1.82, 2.24) is 0 Å². The maximum absolute atomic E-state index is 12.8. The second-order valence-electron chi connectivity index (χ2n) is 2.46. The van der Waals surface area contributed by atoms with E-state index in [1.54, 1.807) is 0 Å². The zero-order valence-electron chi connectivity index (χ0n) is 6.53. The van der Waals surface area contributed by atoms with Gasteiger partial charge in [0.15, 0.2) is 0 Å². The molecule has 0 amide bonds. The Hall–Kier alpha value is -1.10. The van der Waals surface area contributed by atoms with Gasteiger partial charge in [-0.25, -0.2) is 17.6 Å². The number of benzene rings is 1. The van der Waals surface area contributed by atoms with E-state index in [1.165, 1.54) is 0 Å². The molecule has 0 saturated carbocycles. The van der Waals surface area contributed by atoms with E-state index in [4.69, 9.17) is 5.73 Å². The van der Waals surface area contributed by atoms with Crippen LogP contribution in [-0.4, -0.2) is 0 Å². The lowest BCUT2D eigenvalue weighted by molar-refractivity contribution is 0.149. The van der Waals surface area contributed by atoms with Crippen LogP contribution in [0.5, 0.6) is 0 Å². The average molecular weight is 193 g/mol. The molecule has 0 spiro atoms. The van der Waals surface area contributed by atoms with Crippen LogP contribution in [0.4, 0.5) is 17.6 Å². The van der Waals surface area contributed by atoms with Crippen molar-refractivity contribution in [2.75, 3.05) is 0 Å². The van der Waals surface area contributed by atoms with Gasteiger partial charge in [-0.2, -0.15) is 0 Å². The normalized spacial score (nSPS) is 10.9. The lowest BCUT2D eigenvalue weighted by Gasteiger charge is -2.07.